The Morgan fingerprint density at radius 1 is 1.47 bits per heavy atom. The molecule has 106 valence electrons. The fraction of sp³-hybridized carbons (Fsp3) is 0.500. The Labute approximate surface area is 113 Å². The number of halogens is 1. The highest BCUT2D eigenvalue weighted by molar-refractivity contribution is 5.86. The summed E-state index contributed by atoms with van der Waals surface area (Å²) < 4.78 is 18.4. The van der Waals surface area contributed by atoms with Gasteiger partial charge in [-0.2, -0.15) is 0 Å². The van der Waals surface area contributed by atoms with Crippen LogP contribution in [-0.2, 0) is 11.2 Å². The van der Waals surface area contributed by atoms with Crippen molar-refractivity contribution < 1.29 is 13.9 Å². The molecular weight excluding hydrogens is 247 g/mol. The summed E-state index contributed by atoms with van der Waals surface area (Å²) in [6.07, 6.45) is -0.0897. The van der Waals surface area contributed by atoms with Crippen molar-refractivity contribution in [2.75, 3.05) is 5.32 Å². The quantitative estimate of drug-likeness (QED) is 0.885. The molecule has 0 fully saturated rings. The minimum atomic E-state index is -0.578. The van der Waals surface area contributed by atoms with Crippen LogP contribution in [0.4, 0.5) is 14.9 Å². The highest BCUT2D eigenvalue weighted by Crippen LogP contribution is 2.19. The topological polar surface area (TPSA) is 64.3 Å². The van der Waals surface area contributed by atoms with E-state index in [1.807, 2.05) is 6.92 Å². The van der Waals surface area contributed by atoms with E-state index < -0.39 is 11.7 Å². The summed E-state index contributed by atoms with van der Waals surface area (Å²) in [6, 6.07) is 4.05. The standard InChI is InChI=1S/C14H21FN2O2/c1-9(16)7-10-8-11(15)5-6-12(10)17-13(18)19-14(2,3)4/h5-6,8-9H,7,16H2,1-4H3,(H,17,18)/t9-/m1/s1. The second kappa shape index (κ2) is 6.02. The molecule has 4 nitrogen and oxygen atoms in total. The van der Waals surface area contributed by atoms with Crippen molar-refractivity contribution in [3.05, 3.63) is 29.6 Å². The second-order valence-electron chi connectivity index (χ2n) is 5.61. The van der Waals surface area contributed by atoms with Crippen molar-refractivity contribution in [1.82, 2.24) is 0 Å². The molecule has 1 rings (SSSR count). The lowest BCUT2D eigenvalue weighted by Crippen LogP contribution is -2.28. The number of hydrogen-bond donors (Lipinski definition) is 2. The summed E-state index contributed by atoms with van der Waals surface area (Å²) in [5, 5.41) is 2.62. The Kier molecular flexibility index (Phi) is 4.89. The van der Waals surface area contributed by atoms with E-state index in [1.165, 1.54) is 18.2 Å². The number of ether oxygens (including phenoxy) is 1. The Bertz CT molecular complexity index is 453. The molecule has 0 spiro atoms. The largest absolute Gasteiger partial charge is 0.444 e. The van der Waals surface area contributed by atoms with E-state index in [0.717, 1.165) is 0 Å². The number of carbonyl (C=O) groups is 1. The minimum Gasteiger partial charge on any atom is -0.444 e. The number of carbonyl (C=O) groups excluding carboxylic acids is 1. The van der Waals surface area contributed by atoms with Crippen LogP contribution >= 0.6 is 0 Å². The van der Waals surface area contributed by atoms with Gasteiger partial charge in [0.1, 0.15) is 11.4 Å². The Morgan fingerprint density at radius 2 is 2.11 bits per heavy atom. The maximum atomic E-state index is 13.2. The molecule has 0 unspecified atom stereocenters. The molecule has 1 aromatic rings. The van der Waals surface area contributed by atoms with Crippen LogP contribution < -0.4 is 11.1 Å². The Balaban J connectivity index is 2.85. The Hall–Kier alpha value is -1.62. The molecule has 0 saturated heterocycles. The van der Waals surface area contributed by atoms with Gasteiger partial charge in [0.25, 0.3) is 0 Å². The number of nitrogens with one attached hydrogen (secondary N) is 1. The van der Waals surface area contributed by atoms with Gasteiger partial charge < -0.3 is 10.5 Å². The molecule has 0 aromatic heterocycles. The van der Waals surface area contributed by atoms with Crippen molar-refractivity contribution in [3.63, 3.8) is 0 Å². The lowest BCUT2D eigenvalue weighted by molar-refractivity contribution is 0.0635. The van der Waals surface area contributed by atoms with Crippen LogP contribution in [0.1, 0.15) is 33.3 Å². The molecule has 19 heavy (non-hydrogen) atoms. The molecule has 0 aliphatic rings. The van der Waals surface area contributed by atoms with Gasteiger partial charge in [-0.05, 0) is 57.9 Å². The van der Waals surface area contributed by atoms with Crippen LogP contribution in [0, 0.1) is 5.82 Å². The van der Waals surface area contributed by atoms with Crippen molar-refractivity contribution in [3.8, 4) is 0 Å². The van der Waals surface area contributed by atoms with Crippen molar-refractivity contribution >= 4 is 11.8 Å². The van der Waals surface area contributed by atoms with E-state index in [0.29, 0.717) is 17.7 Å². The number of amides is 1. The van der Waals surface area contributed by atoms with Gasteiger partial charge >= 0.3 is 6.09 Å². The lowest BCUT2D eigenvalue weighted by atomic mass is 10.1. The van der Waals surface area contributed by atoms with Crippen LogP contribution in [0.25, 0.3) is 0 Å². The van der Waals surface area contributed by atoms with Gasteiger partial charge in [0, 0.05) is 11.7 Å². The van der Waals surface area contributed by atoms with E-state index in [9.17, 15) is 9.18 Å². The number of anilines is 1. The molecule has 0 aliphatic carbocycles. The molecular formula is C14H21FN2O2. The molecule has 0 radical (unpaired) electrons. The van der Waals surface area contributed by atoms with E-state index in [1.54, 1.807) is 20.8 Å². The number of benzene rings is 1. The first kappa shape index (κ1) is 15.4. The number of nitrogens with two attached hydrogens (primary N) is 1. The zero-order chi connectivity index (χ0) is 14.6. The van der Waals surface area contributed by atoms with Gasteiger partial charge in [-0.3, -0.25) is 5.32 Å². The maximum Gasteiger partial charge on any atom is 0.412 e. The summed E-state index contributed by atoms with van der Waals surface area (Å²) in [4.78, 5) is 11.7. The first-order valence-electron chi connectivity index (χ1n) is 6.21. The molecule has 5 heteroatoms. The van der Waals surface area contributed by atoms with Gasteiger partial charge in [-0.15, -0.1) is 0 Å². The Morgan fingerprint density at radius 3 is 2.63 bits per heavy atom. The van der Waals surface area contributed by atoms with Crippen molar-refractivity contribution in [2.24, 2.45) is 5.73 Å². The average molecular weight is 268 g/mol. The predicted molar refractivity (Wildman–Crippen MR) is 73.6 cm³/mol. The molecule has 1 aromatic carbocycles. The molecule has 3 N–H and O–H groups in total. The molecule has 0 heterocycles. The van der Waals surface area contributed by atoms with E-state index in [2.05, 4.69) is 5.32 Å². The van der Waals surface area contributed by atoms with Gasteiger partial charge in [0.2, 0.25) is 0 Å². The zero-order valence-electron chi connectivity index (χ0n) is 11.8. The third-order valence-electron chi connectivity index (χ3n) is 2.24. The summed E-state index contributed by atoms with van der Waals surface area (Å²) in [7, 11) is 0. The predicted octanol–water partition coefficient (Wildman–Crippen LogP) is 3.06. The summed E-state index contributed by atoms with van der Waals surface area (Å²) in [5.74, 6) is -0.356. The highest BCUT2D eigenvalue weighted by Gasteiger charge is 2.17. The molecule has 1 amide bonds. The third-order valence-corrected chi connectivity index (χ3v) is 2.24. The van der Waals surface area contributed by atoms with Crippen LogP contribution in [0.2, 0.25) is 0 Å². The van der Waals surface area contributed by atoms with Crippen LogP contribution in [-0.4, -0.2) is 17.7 Å². The first-order valence-corrected chi connectivity index (χ1v) is 6.21. The first-order chi connectivity index (χ1) is 8.67. The van der Waals surface area contributed by atoms with E-state index >= 15 is 0 Å². The monoisotopic (exact) mass is 268 g/mol. The highest BCUT2D eigenvalue weighted by atomic mass is 19.1. The maximum absolute atomic E-state index is 13.2. The summed E-state index contributed by atoms with van der Waals surface area (Å²) in [6.45, 7) is 7.16. The van der Waals surface area contributed by atoms with Gasteiger partial charge in [0.05, 0.1) is 0 Å². The average Bonchev–Trinajstić information content (AvgIpc) is 2.18. The van der Waals surface area contributed by atoms with Gasteiger partial charge in [-0.1, -0.05) is 0 Å². The molecule has 0 saturated carbocycles. The second-order valence-corrected chi connectivity index (χ2v) is 5.61. The normalized spacial score (nSPS) is 12.9. The molecule has 1 atom stereocenters. The van der Waals surface area contributed by atoms with E-state index in [-0.39, 0.29) is 11.9 Å². The van der Waals surface area contributed by atoms with Crippen molar-refractivity contribution in [1.29, 1.82) is 0 Å². The fourth-order valence-corrected chi connectivity index (χ4v) is 1.61. The smallest absolute Gasteiger partial charge is 0.412 e. The lowest BCUT2D eigenvalue weighted by Gasteiger charge is -2.20. The zero-order valence-corrected chi connectivity index (χ0v) is 11.8. The minimum absolute atomic E-state index is 0.124. The van der Waals surface area contributed by atoms with E-state index in [4.69, 9.17) is 10.5 Å². The third kappa shape index (κ3) is 5.70. The van der Waals surface area contributed by atoms with Crippen LogP contribution in [0.15, 0.2) is 18.2 Å². The number of rotatable bonds is 3. The van der Waals surface area contributed by atoms with Gasteiger partial charge in [0.15, 0.2) is 0 Å². The molecule has 0 bridgehead atoms. The molecule has 0 aliphatic heterocycles. The summed E-state index contributed by atoms with van der Waals surface area (Å²) >= 11 is 0. The van der Waals surface area contributed by atoms with Gasteiger partial charge in [-0.25, -0.2) is 9.18 Å². The number of hydrogen-bond acceptors (Lipinski definition) is 3. The SMILES string of the molecule is C[C@@H](N)Cc1cc(F)ccc1NC(=O)OC(C)(C)C. The van der Waals surface area contributed by atoms with Crippen molar-refractivity contribution in [2.45, 2.75) is 45.8 Å². The van der Waals surface area contributed by atoms with Crippen LogP contribution in [0.3, 0.4) is 0 Å². The fourth-order valence-electron chi connectivity index (χ4n) is 1.61. The summed E-state index contributed by atoms with van der Waals surface area (Å²) in [5.41, 5.74) is 6.31. The van der Waals surface area contributed by atoms with Crippen LogP contribution in [0.5, 0.6) is 0 Å².